The lowest BCUT2D eigenvalue weighted by atomic mass is 10.1. The van der Waals surface area contributed by atoms with Crippen LogP contribution in [0.3, 0.4) is 0 Å². The molecule has 1 aromatic carbocycles. The molecule has 0 fully saturated rings. The summed E-state index contributed by atoms with van der Waals surface area (Å²) in [6.45, 7) is 8.93. The Labute approximate surface area is 157 Å². The first-order valence-corrected chi connectivity index (χ1v) is 8.97. The van der Waals surface area contributed by atoms with Crippen LogP contribution in [0.2, 0.25) is 0 Å². The summed E-state index contributed by atoms with van der Waals surface area (Å²) in [7, 11) is 0. The fourth-order valence-corrected chi connectivity index (χ4v) is 3.11. The number of benzene rings is 1. The third-order valence-electron chi connectivity index (χ3n) is 4.43. The largest absolute Gasteiger partial charge is 0.459 e. The van der Waals surface area contributed by atoms with Crippen molar-refractivity contribution in [3.05, 3.63) is 58.6 Å². The van der Waals surface area contributed by atoms with Gasteiger partial charge in [-0.15, -0.1) is 0 Å². The highest BCUT2D eigenvalue weighted by atomic mass is 16.5. The van der Waals surface area contributed by atoms with Gasteiger partial charge in [0.05, 0.1) is 17.7 Å². The molecule has 0 radical (unpaired) electrons. The number of carbonyl (C=O) groups excluding carboxylic acids is 2. The van der Waals surface area contributed by atoms with E-state index in [0.717, 1.165) is 11.0 Å². The number of hydrogen-bond donors (Lipinski definition) is 2. The van der Waals surface area contributed by atoms with Crippen molar-refractivity contribution in [3.63, 3.8) is 0 Å². The number of rotatable bonds is 5. The lowest BCUT2D eigenvalue weighted by molar-refractivity contribution is 0.0376. The Morgan fingerprint density at radius 1 is 1.15 bits per heavy atom. The number of carbonyl (C=O) groups is 2. The van der Waals surface area contributed by atoms with E-state index in [1.165, 1.54) is 0 Å². The molecule has 0 saturated heterocycles. The van der Waals surface area contributed by atoms with Crippen molar-refractivity contribution < 1.29 is 18.7 Å². The maximum atomic E-state index is 12.7. The molecule has 3 rings (SSSR count). The van der Waals surface area contributed by atoms with Crippen molar-refractivity contribution in [2.24, 2.45) is 0 Å². The minimum Gasteiger partial charge on any atom is -0.459 e. The van der Waals surface area contributed by atoms with Crippen molar-refractivity contribution in [2.45, 2.75) is 46.8 Å². The molecule has 0 saturated carbocycles. The molecule has 1 unspecified atom stereocenters. The molecule has 0 aliphatic rings. The third-order valence-corrected chi connectivity index (χ3v) is 4.43. The van der Waals surface area contributed by atoms with Gasteiger partial charge < -0.3 is 19.5 Å². The lowest BCUT2D eigenvalue weighted by Gasteiger charge is -2.11. The number of esters is 1. The van der Waals surface area contributed by atoms with Crippen molar-refractivity contribution in [2.75, 3.05) is 0 Å². The van der Waals surface area contributed by atoms with Gasteiger partial charge in [-0.05, 0) is 52.3 Å². The molecule has 3 aromatic rings. The minimum atomic E-state index is -0.430. The zero-order chi connectivity index (χ0) is 19.7. The van der Waals surface area contributed by atoms with E-state index in [2.05, 4.69) is 10.3 Å². The van der Waals surface area contributed by atoms with Gasteiger partial charge in [-0.3, -0.25) is 4.79 Å². The highest BCUT2D eigenvalue weighted by Gasteiger charge is 2.25. The summed E-state index contributed by atoms with van der Waals surface area (Å²) in [6.07, 6.45) is -0.225. The number of ether oxygens (including phenoxy) is 1. The second-order valence-corrected chi connectivity index (χ2v) is 6.96. The molecule has 0 aliphatic heterocycles. The number of aryl methyl sites for hydroxylation is 1. The van der Waals surface area contributed by atoms with Crippen molar-refractivity contribution in [1.29, 1.82) is 0 Å². The summed E-state index contributed by atoms with van der Waals surface area (Å²) < 4.78 is 11.1. The Bertz CT molecular complexity index is 964. The first-order valence-electron chi connectivity index (χ1n) is 8.97. The molecular formula is C21H24N2O4. The Morgan fingerprint density at radius 2 is 1.85 bits per heavy atom. The molecule has 2 heterocycles. The van der Waals surface area contributed by atoms with Gasteiger partial charge in [-0.2, -0.15) is 0 Å². The summed E-state index contributed by atoms with van der Waals surface area (Å²) in [5.41, 5.74) is 2.72. The zero-order valence-corrected chi connectivity index (χ0v) is 16.2. The first kappa shape index (κ1) is 18.8. The summed E-state index contributed by atoms with van der Waals surface area (Å²) in [5.74, 6) is -0.0577. The Hall–Kier alpha value is -3.02. The highest BCUT2D eigenvalue weighted by molar-refractivity contribution is 6.00. The molecule has 2 aromatic heterocycles. The van der Waals surface area contributed by atoms with E-state index >= 15 is 0 Å². The van der Waals surface area contributed by atoms with E-state index < -0.39 is 5.97 Å². The average Bonchev–Trinajstić information content (AvgIpc) is 3.15. The first-order chi connectivity index (χ1) is 12.8. The summed E-state index contributed by atoms with van der Waals surface area (Å²) in [5, 5.41) is 3.90. The van der Waals surface area contributed by atoms with Gasteiger partial charge in [-0.1, -0.05) is 18.2 Å². The number of H-pyrrole nitrogens is 1. The molecule has 6 heteroatoms. The minimum absolute atomic E-state index is 0.225. The van der Waals surface area contributed by atoms with Crippen LogP contribution in [0, 0.1) is 13.8 Å². The van der Waals surface area contributed by atoms with Gasteiger partial charge in [0.2, 0.25) is 0 Å². The maximum absolute atomic E-state index is 12.7. The van der Waals surface area contributed by atoms with Crippen molar-refractivity contribution in [1.82, 2.24) is 10.3 Å². The van der Waals surface area contributed by atoms with Gasteiger partial charge in [0.25, 0.3) is 5.91 Å². The number of nitrogens with one attached hydrogen (secondary N) is 2. The predicted molar refractivity (Wildman–Crippen MR) is 103 cm³/mol. The number of furan rings is 1. The molecule has 27 heavy (non-hydrogen) atoms. The molecule has 1 atom stereocenters. The van der Waals surface area contributed by atoms with E-state index in [0.29, 0.717) is 28.3 Å². The van der Waals surface area contributed by atoms with E-state index in [-0.39, 0.29) is 18.1 Å². The van der Waals surface area contributed by atoms with E-state index in [1.54, 1.807) is 27.7 Å². The van der Waals surface area contributed by atoms with Crippen molar-refractivity contribution in [3.8, 4) is 0 Å². The van der Waals surface area contributed by atoms with E-state index in [4.69, 9.17) is 9.15 Å². The second kappa shape index (κ2) is 7.31. The van der Waals surface area contributed by atoms with Gasteiger partial charge in [0.1, 0.15) is 17.0 Å². The smallest absolute Gasteiger partial charge is 0.340 e. The van der Waals surface area contributed by atoms with Crippen LogP contribution in [-0.4, -0.2) is 23.0 Å². The molecule has 142 valence electrons. The highest BCUT2D eigenvalue weighted by Crippen LogP contribution is 2.25. The number of amides is 1. The number of aromatic nitrogens is 1. The topological polar surface area (TPSA) is 84.3 Å². The van der Waals surface area contributed by atoms with Crippen LogP contribution in [0.4, 0.5) is 0 Å². The van der Waals surface area contributed by atoms with Crippen LogP contribution < -0.4 is 5.32 Å². The fourth-order valence-electron chi connectivity index (χ4n) is 3.11. The number of fused-ring (bicyclic) bond motifs is 1. The van der Waals surface area contributed by atoms with E-state index in [9.17, 15) is 9.59 Å². The van der Waals surface area contributed by atoms with Crippen LogP contribution in [-0.2, 0) is 4.74 Å². The summed E-state index contributed by atoms with van der Waals surface area (Å²) in [6, 6.07) is 9.29. The molecule has 0 aliphatic carbocycles. The van der Waals surface area contributed by atoms with Crippen LogP contribution in [0.5, 0.6) is 0 Å². The second-order valence-electron chi connectivity index (χ2n) is 6.96. The number of para-hydroxylation sites is 1. The molecular weight excluding hydrogens is 344 g/mol. The van der Waals surface area contributed by atoms with Crippen LogP contribution in [0.15, 0.2) is 34.7 Å². The standard InChI is InChI=1S/C21H24N2O4/c1-11(2)26-21(25)18-12(3)19(22-14(18)5)20(24)23-13(4)17-10-15-8-6-7-9-16(15)27-17/h6-11,13,22H,1-5H3,(H,23,24). The summed E-state index contributed by atoms with van der Waals surface area (Å²) >= 11 is 0. The van der Waals surface area contributed by atoms with E-state index in [1.807, 2.05) is 37.3 Å². The van der Waals surface area contributed by atoms with Gasteiger partial charge in [0, 0.05) is 11.1 Å². The quantitative estimate of drug-likeness (QED) is 0.652. The Balaban J connectivity index is 1.80. The molecule has 6 nitrogen and oxygen atoms in total. The number of aromatic amines is 1. The van der Waals surface area contributed by atoms with Gasteiger partial charge in [-0.25, -0.2) is 4.79 Å². The predicted octanol–water partition coefficient (Wildman–Crippen LogP) is 4.43. The molecule has 0 spiro atoms. The van der Waals surface area contributed by atoms with Crippen LogP contribution in [0.25, 0.3) is 11.0 Å². The molecule has 2 N–H and O–H groups in total. The Morgan fingerprint density at radius 3 is 2.52 bits per heavy atom. The Kier molecular flexibility index (Phi) is 5.08. The van der Waals surface area contributed by atoms with Crippen LogP contribution >= 0.6 is 0 Å². The van der Waals surface area contributed by atoms with Gasteiger partial charge >= 0.3 is 5.97 Å². The normalized spacial score (nSPS) is 12.4. The average molecular weight is 368 g/mol. The monoisotopic (exact) mass is 368 g/mol. The third kappa shape index (κ3) is 3.74. The SMILES string of the molecule is Cc1[nH]c(C(=O)NC(C)c2cc3ccccc3o2)c(C)c1C(=O)OC(C)C. The number of hydrogen-bond acceptors (Lipinski definition) is 4. The maximum Gasteiger partial charge on any atom is 0.340 e. The summed E-state index contributed by atoms with van der Waals surface area (Å²) in [4.78, 5) is 28.0. The fraction of sp³-hybridized carbons (Fsp3) is 0.333. The van der Waals surface area contributed by atoms with Gasteiger partial charge in [0.15, 0.2) is 0 Å². The van der Waals surface area contributed by atoms with Crippen molar-refractivity contribution >= 4 is 22.8 Å². The molecule has 1 amide bonds. The zero-order valence-electron chi connectivity index (χ0n) is 16.2. The van der Waals surface area contributed by atoms with Crippen LogP contribution in [0.1, 0.15) is 64.7 Å². The lowest BCUT2D eigenvalue weighted by Crippen LogP contribution is -2.27. The molecule has 0 bridgehead atoms.